The zero-order valence-electron chi connectivity index (χ0n) is 27.0. The number of aliphatic carboxylic acids is 3. The van der Waals surface area contributed by atoms with Crippen LogP contribution in [0, 0.1) is 40.4 Å². The summed E-state index contributed by atoms with van der Waals surface area (Å²) in [5.41, 5.74) is -3.37. The molecule has 12 nitrogen and oxygen atoms in total. The lowest BCUT2D eigenvalue weighted by Gasteiger charge is -2.62. The number of carboxylic acid groups (broad SMARTS) is 3. The second-order valence-electron chi connectivity index (χ2n) is 15.5. The molecule has 5 fully saturated rings. The first-order chi connectivity index (χ1) is 20.7. The molecule has 0 aromatic heterocycles. The third kappa shape index (κ3) is 6.84. The number of carbonyl (C=O) groups is 5. The van der Waals surface area contributed by atoms with E-state index < -0.39 is 36.4 Å². The molecule has 254 valence electrons. The van der Waals surface area contributed by atoms with Gasteiger partial charge in [-0.1, -0.05) is 13.8 Å². The van der Waals surface area contributed by atoms with Crippen molar-refractivity contribution in [2.75, 3.05) is 19.7 Å². The maximum atomic E-state index is 13.9. The number of aliphatic hydroxyl groups excluding tert-OH is 1. The van der Waals surface area contributed by atoms with Crippen molar-refractivity contribution < 1.29 is 54.2 Å². The van der Waals surface area contributed by atoms with Crippen molar-refractivity contribution >= 4 is 29.5 Å². The molecule has 0 amide bonds. The summed E-state index contributed by atoms with van der Waals surface area (Å²) in [6.07, 6.45) is 3.50. The number of nitrogens with zero attached hydrogens (tertiary/aromatic N) is 1. The summed E-state index contributed by atoms with van der Waals surface area (Å²) >= 11 is 0. The molecular weight excluding hydrogens is 586 g/mol. The molecule has 5 aliphatic rings. The van der Waals surface area contributed by atoms with Crippen LogP contribution in [0.3, 0.4) is 0 Å². The normalized spacial score (nSPS) is 39.4. The van der Waals surface area contributed by atoms with Crippen LogP contribution in [-0.2, 0) is 28.7 Å². The highest BCUT2D eigenvalue weighted by Gasteiger charge is 2.64. The zero-order valence-corrected chi connectivity index (χ0v) is 27.0. The van der Waals surface area contributed by atoms with Crippen LogP contribution < -0.4 is 15.3 Å². The largest absolute Gasteiger partial charge is 0.550 e. The summed E-state index contributed by atoms with van der Waals surface area (Å²) < 4.78 is 5.94. The number of morpholine rings is 1. The van der Waals surface area contributed by atoms with Crippen molar-refractivity contribution in [3.05, 3.63) is 0 Å². The average Bonchev–Trinajstić information content (AvgIpc) is 3.24. The van der Waals surface area contributed by atoms with Crippen molar-refractivity contribution in [2.45, 2.75) is 116 Å². The van der Waals surface area contributed by atoms with Crippen LogP contribution >= 0.6 is 0 Å². The number of ketones is 2. The maximum absolute atomic E-state index is 13.9. The minimum Gasteiger partial charge on any atom is -0.550 e. The molecule has 5 rings (SSSR count). The Kier molecular flexibility index (Phi) is 9.97. The third-order valence-corrected chi connectivity index (χ3v) is 12.0. The molecule has 1 saturated heterocycles. The molecule has 1 aliphatic heterocycles. The Morgan fingerprint density at radius 1 is 0.978 bits per heavy atom. The summed E-state index contributed by atoms with van der Waals surface area (Å²) in [5, 5.41) is 50.1. The van der Waals surface area contributed by atoms with Crippen LogP contribution in [0.4, 0.5) is 0 Å². The first-order valence-electron chi connectivity index (χ1n) is 16.2. The Labute approximate surface area is 264 Å². The van der Waals surface area contributed by atoms with Crippen molar-refractivity contribution in [1.29, 1.82) is 0 Å². The predicted octanol–water partition coefficient (Wildman–Crippen LogP) is -1.39. The summed E-state index contributed by atoms with van der Waals surface area (Å²) in [4.78, 5) is 58.7. The Bertz CT molecular complexity index is 1190. The van der Waals surface area contributed by atoms with Gasteiger partial charge in [0.2, 0.25) is 0 Å². The lowest BCUT2D eigenvalue weighted by Crippen LogP contribution is -2.64. The summed E-state index contributed by atoms with van der Waals surface area (Å²) in [7, 11) is 0. The van der Waals surface area contributed by atoms with Crippen molar-refractivity contribution in [3.8, 4) is 0 Å². The van der Waals surface area contributed by atoms with E-state index in [4.69, 9.17) is 9.84 Å². The number of carboxylic acids is 3. The Hall–Kier alpha value is -2.41. The van der Waals surface area contributed by atoms with E-state index in [1.54, 1.807) is 6.92 Å². The molecule has 0 aromatic carbocycles. The van der Waals surface area contributed by atoms with Gasteiger partial charge in [0.05, 0.1) is 24.3 Å². The molecule has 2 N–H and O–H groups in total. The molecule has 12 heteroatoms. The monoisotopic (exact) mass is 634 g/mol. The smallest absolute Gasteiger partial charge is 0.137 e. The molecule has 4 saturated carbocycles. The van der Waals surface area contributed by atoms with Gasteiger partial charge in [0.15, 0.2) is 0 Å². The van der Waals surface area contributed by atoms with E-state index >= 15 is 0 Å². The zero-order chi connectivity index (χ0) is 33.7. The van der Waals surface area contributed by atoms with E-state index in [1.807, 2.05) is 0 Å². The van der Waals surface area contributed by atoms with Crippen LogP contribution in [0.25, 0.3) is 0 Å². The Balaban J connectivity index is 0.000000302. The molecule has 1 heterocycles. The fourth-order valence-corrected chi connectivity index (χ4v) is 10.2. The highest BCUT2D eigenvalue weighted by Crippen LogP contribution is 2.66. The molecule has 0 bridgehead atoms. The average molecular weight is 635 g/mol. The number of carbonyl (C=O) groups excluding carboxylic acids is 5. The van der Waals surface area contributed by atoms with Gasteiger partial charge in [0.1, 0.15) is 17.2 Å². The summed E-state index contributed by atoms with van der Waals surface area (Å²) in [6, 6.07) is 0.104. The van der Waals surface area contributed by atoms with Crippen LogP contribution in [0.2, 0.25) is 0 Å². The van der Waals surface area contributed by atoms with Gasteiger partial charge in [-0.2, -0.15) is 0 Å². The van der Waals surface area contributed by atoms with Gasteiger partial charge in [0.25, 0.3) is 0 Å². The lowest BCUT2D eigenvalue weighted by molar-refractivity contribution is -0.339. The molecule has 0 radical (unpaired) electrons. The van der Waals surface area contributed by atoms with Gasteiger partial charge in [-0.25, -0.2) is 0 Å². The van der Waals surface area contributed by atoms with Crippen LogP contribution in [0.5, 0.6) is 0 Å². The molecule has 0 spiro atoms. The quantitative estimate of drug-likeness (QED) is 0.332. The molecule has 0 unspecified atom stereocenters. The lowest BCUT2D eigenvalue weighted by atomic mass is 9.43. The van der Waals surface area contributed by atoms with Gasteiger partial charge in [-0.3, -0.25) is 14.5 Å². The second-order valence-corrected chi connectivity index (χ2v) is 15.5. The Morgan fingerprint density at radius 3 is 2.13 bits per heavy atom. The van der Waals surface area contributed by atoms with Gasteiger partial charge in [0, 0.05) is 62.2 Å². The number of ether oxygens (including phenoxy) is 1. The van der Waals surface area contributed by atoms with Gasteiger partial charge in [-0.15, -0.1) is 0 Å². The minimum atomic E-state index is -2.97. The standard InChI is InChI=1S/C27H43NO4.C6H8O7/c1-16(29)19-8-9-20-18-7-6-17-12-22(30)21(28-10-11-32-25(2,3)15-28)13-26(17,4)24(18)23(31)14-27(19,20)5;7-3(8)1-6(13,5(11)12)2-4(9)10/h17-22,24,30H,6-15H2,1-5H3;13H,1-2H2,(H,7,8)(H,9,10)(H,11,12)/p-3/t17-,18-,19+,20-,21-,22-,24+,26-,27+;/m0./s1. The number of Topliss-reactive ketones (excluding diaryl/α,β-unsaturated/α-hetero) is 2. The third-order valence-electron chi connectivity index (χ3n) is 12.0. The topological polar surface area (TPSA) is 207 Å². The summed E-state index contributed by atoms with van der Waals surface area (Å²) in [5.74, 6) is -3.84. The van der Waals surface area contributed by atoms with E-state index in [1.165, 1.54) is 0 Å². The summed E-state index contributed by atoms with van der Waals surface area (Å²) in [6.45, 7) is 13.0. The number of hydrogen-bond donors (Lipinski definition) is 2. The fourth-order valence-electron chi connectivity index (χ4n) is 10.2. The fraction of sp³-hybridized carbons (Fsp3) is 0.848. The number of rotatable bonds is 7. The van der Waals surface area contributed by atoms with E-state index in [2.05, 4.69) is 32.6 Å². The number of fused-ring (bicyclic) bond motifs is 5. The van der Waals surface area contributed by atoms with E-state index in [0.29, 0.717) is 36.6 Å². The highest BCUT2D eigenvalue weighted by molar-refractivity contribution is 5.87. The van der Waals surface area contributed by atoms with E-state index in [0.717, 1.165) is 51.6 Å². The first kappa shape index (κ1) is 35.4. The SMILES string of the molecule is CC(=O)[C@H]1CC[C@H]2[C@@H]3CC[C@H]4C[C@H](O)[C@@H](N5CCOC(C)(C)C5)C[C@]4(C)[C@H]3C(=O)C[C@]12C.O=C([O-])CC(O)(CC(=O)[O-])C(=O)[O-]. The molecule has 0 aromatic rings. The van der Waals surface area contributed by atoms with Gasteiger partial charge < -0.3 is 44.7 Å². The van der Waals surface area contributed by atoms with Crippen LogP contribution in [0.1, 0.15) is 92.4 Å². The molecular formula is C33H48NO11-3. The van der Waals surface area contributed by atoms with Gasteiger partial charge in [-0.05, 0) is 87.9 Å². The number of aliphatic hydroxyl groups is 2. The van der Waals surface area contributed by atoms with Crippen molar-refractivity contribution in [1.82, 2.24) is 4.90 Å². The van der Waals surface area contributed by atoms with Crippen LogP contribution in [-0.4, -0.2) is 87.6 Å². The highest BCUT2D eigenvalue weighted by atomic mass is 16.5. The Morgan fingerprint density at radius 2 is 1.60 bits per heavy atom. The maximum Gasteiger partial charge on any atom is 0.137 e. The second kappa shape index (κ2) is 12.7. The van der Waals surface area contributed by atoms with E-state index in [-0.39, 0.29) is 46.2 Å². The van der Waals surface area contributed by atoms with Crippen molar-refractivity contribution in [3.63, 3.8) is 0 Å². The molecule has 9 atom stereocenters. The predicted molar refractivity (Wildman–Crippen MR) is 152 cm³/mol. The molecule has 45 heavy (non-hydrogen) atoms. The van der Waals surface area contributed by atoms with E-state index in [9.17, 15) is 44.4 Å². The van der Waals surface area contributed by atoms with Crippen LogP contribution in [0.15, 0.2) is 0 Å². The van der Waals surface area contributed by atoms with Gasteiger partial charge >= 0.3 is 0 Å². The number of hydrogen-bond acceptors (Lipinski definition) is 12. The minimum absolute atomic E-state index is 0.0536. The molecule has 4 aliphatic carbocycles. The van der Waals surface area contributed by atoms with Crippen molar-refractivity contribution in [2.24, 2.45) is 40.4 Å². The first-order valence-corrected chi connectivity index (χ1v) is 16.2.